The molecule has 5 nitrogen and oxygen atoms in total. The summed E-state index contributed by atoms with van der Waals surface area (Å²) in [5, 5.41) is 4.77. The summed E-state index contributed by atoms with van der Waals surface area (Å²) in [4.78, 5) is 14.4. The fourth-order valence-electron chi connectivity index (χ4n) is 1.09. The second-order valence-electron chi connectivity index (χ2n) is 2.88. The maximum absolute atomic E-state index is 10.4. The second kappa shape index (κ2) is 4.31. The van der Waals surface area contributed by atoms with Crippen LogP contribution in [0, 0.1) is 0 Å². The second-order valence-corrected chi connectivity index (χ2v) is 3.82. The van der Waals surface area contributed by atoms with Gasteiger partial charge in [-0.3, -0.25) is 4.79 Å². The van der Waals surface area contributed by atoms with E-state index in [0.717, 1.165) is 10.9 Å². The molecule has 2 aromatic rings. The van der Waals surface area contributed by atoms with Gasteiger partial charge in [0, 0.05) is 7.05 Å². The van der Waals surface area contributed by atoms with E-state index in [1.807, 2.05) is 7.05 Å². The Morgan fingerprint density at radius 2 is 2.47 bits per heavy atom. The van der Waals surface area contributed by atoms with E-state index in [4.69, 9.17) is 4.42 Å². The molecule has 2 rings (SSSR count). The normalized spacial score (nSPS) is 10.5. The van der Waals surface area contributed by atoms with Crippen molar-refractivity contribution in [1.29, 1.82) is 0 Å². The highest BCUT2D eigenvalue weighted by molar-refractivity contribution is 7.98. The monoisotopic (exact) mass is 223 g/mol. The third-order valence-corrected chi connectivity index (χ3v) is 2.87. The molecule has 0 aliphatic heterocycles. The average molecular weight is 223 g/mol. The van der Waals surface area contributed by atoms with Crippen LogP contribution in [0.3, 0.4) is 0 Å². The number of hydrogen-bond acceptors (Lipinski definition) is 5. The zero-order valence-corrected chi connectivity index (χ0v) is 8.90. The number of aromatic nitrogens is 3. The number of aldehydes is 1. The van der Waals surface area contributed by atoms with Crippen LogP contribution in [0.1, 0.15) is 16.3 Å². The number of nitrogens with zero attached hydrogens (tertiary/aromatic N) is 3. The molecule has 0 amide bonds. The Hall–Kier alpha value is -1.56. The Labute approximate surface area is 90.5 Å². The molecule has 2 heterocycles. The third kappa shape index (κ3) is 2.27. The predicted molar refractivity (Wildman–Crippen MR) is 54.7 cm³/mol. The first-order chi connectivity index (χ1) is 7.29. The van der Waals surface area contributed by atoms with Crippen molar-refractivity contribution in [3.05, 3.63) is 30.0 Å². The first-order valence-corrected chi connectivity index (χ1v) is 5.29. The minimum absolute atomic E-state index is 0.351. The highest BCUT2D eigenvalue weighted by atomic mass is 32.2. The Morgan fingerprint density at radius 3 is 3.07 bits per heavy atom. The van der Waals surface area contributed by atoms with Gasteiger partial charge < -0.3 is 4.42 Å². The van der Waals surface area contributed by atoms with Gasteiger partial charge in [0.15, 0.2) is 17.2 Å². The summed E-state index contributed by atoms with van der Waals surface area (Å²) >= 11 is 1.51. The third-order valence-electron chi connectivity index (χ3n) is 1.81. The highest BCUT2D eigenvalue weighted by Gasteiger charge is 2.05. The molecule has 0 aliphatic carbocycles. The number of furan rings is 1. The van der Waals surface area contributed by atoms with Crippen molar-refractivity contribution in [1.82, 2.24) is 14.8 Å². The van der Waals surface area contributed by atoms with E-state index < -0.39 is 0 Å². The van der Waals surface area contributed by atoms with Crippen LogP contribution in [0.5, 0.6) is 0 Å². The highest BCUT2D eigenvalue weighted by Crippen LogP contribution is 2.20. The van der Waals surface area contributed by atoms with Crippen LogP contribution >= 0.6 is 11.8 Å². The summed E-state index contributed by atoms with van der Waals surface area (Å²) in [7, 11) is 1.83. The van der Waals surface area contributed by atoms with Gasteiger partial charge in [0.25, 0.3) is 0 Å². The molecule has 78 valence electrons. The van der Waals surface area contributed by atoms with Crippen LogP contribution in [-0.2, 0) is 12.8 Å². The molecule has 0 radical (unpaired) electrons. The molecule has 6 heteroatoms. The number of thioether (sulfide) groups is 1. The van der Waals surface area contributed by atoms with Crippen molar-refractivity contribution in [2.45, 2.75) is 10.9 Å². The average Bonchev–Trinajstić information content (AvgIpc) is 2.84. The summed E-state index contributed by atoms with van der Waals surface area (Å²) in [6, 6.07) is 3.44. The first kappa shape index (κ1) is 9.97. The zero-order valence-electron chi connectivity index (χ0n) is 8.08. The molecule has 0 atom stereocenters. The smallest absolute Gasteiger partial charge is 0.186 e. The topological polar surface area (TPSA) is 60.9 Å². The summed E-state index contributed by atoms with van der Waals surface area (Å²) in [5.74, 6) is 1.74. The van der Waals surface area contributed by atoms with E-state index in [0.29, 0.717) is 17.8 Å². The zero-order chi connectivity index (χ0) is 10.7. The Kier molecular flexibility index (Phi) is 2.86. The van der Waals surface area contributed by atoms with Gasteiger partial charge in [-0.05, 0) is 12.1 Å². The van der Waals surface area contributed by atoms with Crippen molar-refractivity contribution in [2.75, 3.05) is 0 Å². The number of aryl methyl sites for hydroxylation is 1. The van der Waals surface area contributed by atoms with Crippen LogP contribution in [0.25, 0.3) is 0 Å². The molecule has 0 saturated heterocycles. The number of carbonyl (C=O) groups excluding carboxylic acids is 1. The first-order valence-electron chi connectivity index (χ1n) is 4.30. The summed E-state index contributed by atoms with van der Waals surface area (Å²) in [6.07, 6.45) is 2.19. The van der Waals surface area contributed by atoms with Crippen LogP contribution in [0.15, 0.2) is 28.0 Å². The molecule has 0 aliphatic rings. The number of hydrogen-bond donors (Lipinski definition) is 0. The Balaban J connectivity index is 1.99. The molecule has 0 bridgehead atoms. The van der Waals surface area contributed by atoms with Crippen LogP contribution in [-0.4, -0.2) is 21.1 Å². The molecule has 0 saturated carbocycles. The van der Waals surface area contributed by atoms with E-state index in [-0.39, 0.29) is 0 Å². The van der Waals surface area contributed by atoms with Crippen molar-refractivity contribution in [2.24, 2.45) is 7.05 Å². The summed E-state index contributed by atoms with van der Waals surface area (Å²) in [6.45, 7) is 0. The number of carbonyl (C=O) groups is 1. The van der Waals surface area contributed by atoms with Crippen LogP contribution in [0.4, 0.5) is 0 Å². The quantitative estimate of drug-likeness (QED) is 0.580. The van der Waals surface area contributed by atoms with E-state index in [2.05, 4.69) is 10.1 Å². The van der Waals surface area contributed by atoms with Crippen molar-refractivity contribution < 1.29 is 9.21 Å². The number of rotatable bonds is 4. The molecule has 0 unspecified atom stereocenters. The van der Waals surface area contributed by atoms with Gasteiger partial charge in [-0.25, -0.2) is 9.67 Å². The van der Waals surface area contributed by atoms with Crippen LogP contribution < -0.4 is 0 Å². The van der Waals surface area contributed by atoms with E-state index >= 15 is 0 Å². The fourth-order valence-corrected chi connectivity index (χ4v) is 1.87. The standard InChI is InChI=1S/C9H9N3O2S/c1-12-9(10-6-11-12)15-5-8-3-2-7(4-13)14-8/h2-4,6H,5H2,1H3. The fraction of sp³-hybridized carbons (Fsp3) is 0.222. The van der Waals surface area contributed by atoms with Crippen molar-refractivity contribution in [3.63, 3.8) is 0 Å². The lowest BCUT2D eigenvalue weighted by Crippen LogP contribution is -1.92. The lowest BCUT2D eigenvalue weighted by Gasteiger charge is -1.97. The lowest BCUT2D eigenvalue weighted by molar-refractivity contribution is 0.109. The molecule has 15 heavy (non-hydrogen) atoms. The van der Waals surface area contributed by atoms with Gasteiger partial charge in [-0.1, -0.05) is 11.8 Å². The van der Waals surface area contributed by atoms with Gasteiger partial charge >= 0.3 is 0 Å². The lowest BCUT2D eigenvalue weighted by atomic mass is 10.4. The van der Waals surface area contributed by atoms with E-state index in [1.54, 1.807) is 16.8 Å². The minimum Gasteiger partial charge on any atom is -0.457 e. The maximum Gasteiger partial charge on any atom is 0.186 e. The van der Waals surface area contributed by atoms with Gasteiger partial charge in [0.05, 0.1) is 5.75 Å². The molecule has 2 aromatic heterocycles. The molecule has 0 aromatic carbocycles. The van der Waals surface area contributed by atoms with E-state index in [9.17, 15) is 4.79 Å². The van der Waals surface area contributed by atoms with Crippen molar-refractivity contribution in [3.8, 4) is 0 Å². The van der Waals surface area contributed by atoms with Crippen molar-refractivity contribution >= 4 is 18.0 Å². The minimum atomic E-state index is 0.351. The van der Waals surface area contributed by atoms with Gasteiger partial charge in [0.2, 0.25) is 0 Å². The molecular weight excluding hydrogens is 214 g/mol. The maximum atomic E-state index is 10.4. The van der Waals surface area contributed by atoms with Gasteiger partial charge in [-0.2, -0.15) is 5.10 Å². The molecule has 0 spiro atoms. The molecular formula is C9H9N3O2S. The SMILES string of the molecule is Cn1ncnc1SCc1ccc(C=O)o1. The summed E-state index contributed by atoms with van der Waals surface area (Å²) < 4.78 is 6.91. The van der Waals surface area contributed by atoms with E-state index in [1.165, 1.54) is 18.1 Å². The Bertz CT molecular complexity index is 463. The molecule has 0 N–H and O–H groups in total. The molecule has 0 fully saturated rings. The Morgan fingerprint density at radius 1 is 1.60 bits per heavy atom. The van der Waals surface area contributed by atoms with Crippen LogP contribution in [0.2, 0.25) is 0 Å². The van der Waals surface area contributed by atoms with Gasteiger partial charge in [-0.15, -0.1) is 0 Å². The largest absolute Gasteiger partial charge is 0.457 e. The summed E-state index contributed by atoms with van der Waals surface area (Å²) in [5.41, 5.74) is 0. The predicted octanol–water partition coefficient (Wildman–Crippen LogP) is 1.51. The van der Waals surface area contributed by atoms with Gasteiger partial charge in [0.1, 0.15) is 12.1 Å².